The summed E-state index contributed by atoms with van der Waals surface area (Å²) in [5.74, 6) is -1.50. The number of halogens is 2. The summed E-state index contributed by atoms with van der Waals surface area (Å²) in [5, 5.41) is 8.12. The molecular formula is C14H19F2N3O2. The average molecular weight is 299 g/mol. The lowest BCUT2D eigenvalue weighted by Crippen LogP contribution is -2.36. The molecule has 21 heavy (non-hydrogen) atoms. The first kappa shape index (κ1) is 15.7. The number of amides is 2. The number of nitrogens with one attached hydrogen (secondary N) is 3. The van der Waals surface area contributed by atoms with Crippen molar-refractivity contribution < 1.29 is 18.3 Å². The molecule has 1 aliphatic rings. The van der Waals surface area contributed by atoms with Gasteiger partial charge in [-0.3, -0.25) is 0 Å². The monoisotopic (exact) mass is 299 g/mol. The number of urea groups is 1. The maximum absolute atomic E-state index is 13.3. The number of piperidine rings is 1. The molecule has 2 amide bonds. The van der Waals surface area contributed by atoms with Crippen LogP contribution in [0.15, 0.2) is 18.2 Å². The second kappa shape index (κ2) is 7.90. The fourth-order valence-electron chi connectivity index (χ4n) is 2.11. The molecule has 0 aromatic heterocycles. The van der Waals surface area contributed by atoms with Crippen molar-refractivity contribution in [1.29, 1.82) is 0 Å². The number of carbonyl (C=O) groups excluding carboxylic acids is 1. The van der Waals surface area contributed by atoms with Crippen LogP contribution in [0.5, 0.6) is 0 Å². The molecule has 116 valence electrons. The highest BCUT2D eigenvalue weighted by Gasteiger charge is 2.13. The lowest BCUT2D eigenvalue weighted by atomic mass is 10.1. The van der Waals surface area contributed by atoms with Crippen molar-refractivity contribution >= 4 is 11.7 Å². The van der Waals surface area contributed by atoms with Gasteiger partial charge >= 0.3 is 6.03 Å². The molecule has 0 unspecified atom stereocenters. The van der Waals surface area contributed by atoms with E-state index in [0.717, 1.165) is 38.1 Å². The van der Waals surface area contributed by atoms with Gasteiger partial charge in [-0.1, -0.05) is 0 Å². The first-order chi connectivity index (χ1) is 10.1. The molecule has 1 heterocycles. The normalized spacial score (nSPS) is 15.7. The summed E-state index contributed by atoms with van der Waals surface area (Å²) >= 11 is 0. The largest absolute Gasteiger partial charge is 0.376 e. The molecule has 0 aliphatic carbocycles. The minimum Gasteiger partial charge on any atom is -0.376 e. The van der Waals surface area contributed by atoms with E-state index in [1.807, 2.05) is 0 Å². The van der Waals surface area contributed by atoms with Gasteiger partial charge in [-0.15, -0.1) is 0 Å². The molecule has 0 radical (unpaired) electrons. The van der Waals surface area contributed by atoms with Gasteiger partial charge in [-0.2, -0.15) is 0 Å². The van der Waals surface area contributed by atoms with Crippen LogP contribution in [0.4, 0.5) is 19.3 Å². The minimum atomic E-state index is -0.809. The molecule has 2 rings (SSSR count). The van der Waals surface area contributed by atoms with Gasteiger partial charge in [0.15, 0.2) is 0 Å². The fourth-order valence-corrected chi connectivity index (χ4v) is 2.11. The van der Waals surface area contributed by atoms with Crippen LogP contribution in [0.2, 0.25) is 0 Å². The lowest BCUT2D eigenvalue weighted by Gasteiger charge is -2.22. The summed E-state index contributed by atoms with van der Waals surface area (Å²) in [6.07, 6.45) is 2.16. The Kier molecular flexibility index (Phi) is 5.89. The molecular weight excluding hydrogens is 280 g/mol. The molecule has 3 N–H and O–H groups in total. The molecule has 1 aromatic carbocycles. The number of anilines is 1. The number of benzene rings is 1. The average Bonchev–Trinajstić information content (AvgIpc) is 2.48. The van der Waals surface area contributed by atoms with Gasteiger partial charge in [0.05, 0.1) is 18.4 Å². The summed E-state index contributed by atoms with van der Waals surface area (Å²) in [6.45, 7) is 2.63. The number of carbonyl (C=O) groups is 1. The van der Waals surface area contributed by atoms with Gasteiger partial charge in [0.1, 0.15) is 11.6 Å². The third-order valence-electron chi connectivity index (χ3n) is 3.21. The SMILES string of the molecule is O=C(NCCOC1CCNCC1)Nc1ccc(F)cc1F. The Bertz CT molecular complexity index is 479. The van der Waals surface area contributed by atoms with Crippen LogP contribution in [0.3, 0.4) is 0 Å². The first-order valence-corrected chi connectivity index (χ1v) is 6.97. The van der Waals surface area contributed by atoms with Gasteiger partial charge in [0, 0.05) is 12.6 Å². The number of hydrogen-bond acceptors (Lipinski definition) is 3. The third-order valence-corrected chi connectivity index (χ3v) is 3.21. The van der Waals surface area contributed by atoms with E-state index < -0.39 is 17.7 Å². The highest BCUT2D eigenvalue weighted by molar-refractivity contribution is 5.89. The number of hydrogen-bond donors (Lipinski definition) is 3. The van der Waals surface area contributed by atoms with Crippen molar-refractivity contribution in [2.75, 3.05) is 31.6 Å². The summed E-state index contributed by atoms with van der Waals surface area (Å²) in [6, 6.07) is 2.43. The predicted molar refractivity (Wildman–Crippen MR) is 75.2 cm³/mol. The van der Waals surface area contributed by atoms with E-state index in [1.54, 1.807) is 0 Å². The van der Waals surface area contributed by atoms with Gasteiger partial charge in [-0.05, 0) is 38.1 Å². The zero-order valence-electron chi connectivity index (χ0n) is 11.6. The maximum Gasteiger partial charge on any atom is 0.319 e. The summed E-state index contributed by atoms with van der Waals surface area (Å²) in [4.78, 5) is 11.6. The van der Waals surface area contributed by atoms with E-state index in [2.05, 4.69) is 16.0 Å². The van der Waals surface area contributed by atoms with Crippen molar-refractivity contribution in [1.82, 2.24) is 10.6 Å². The standard InChI is InChI=1S/C14H19F2N3O2/c15-10-1-2-13(12(16)9-10)19-14(20)18-7-8-21-11-3-5-17-6-4-11/h1-2,9,11,17H,3-8H2,(H2,18,19,20). The van der Waals surface area contributed by atoms with Crippen molar-refractivity contribution in [3.63, 3.8) is 0 Å². The molecule has 0 spiro atoms. The van der Waals surface area contributed by atoms with Crippen molar-refractivity contribution in [3.8, 4) is 0 Å². The van der Waals surface area contributed by atoms with Gasteiger partial charge in [-0.25, -0.2) is 13.6 Å². The molecule has 0 atom stereocenters. The Hall–Kier alpha value is -1.73. The second-order valence-corrected chi connectivity index (χ2v) is 4.83. The van der Waals surface area contributed by atoms with Crippen LogP contribution >= 0.6 is 0 Å². The lowest BCUT2D eigenvalue weighted by molar-refractivity contribution is 0.0358. The van der Waals surface area contributed by atoms with Crippen LogP contribution < -0.4 is 16.0 Å². The van der Waals surface area contributed by atoms with E-state index in [9.17, 15) is 13.6 Å². The van der Waals surface area contributed by atoms with Crippen LogP contribution in [-0.2, 0) is 4.74 Å². The number of ether oxygens (including phenoxy) is 1. The van der Waals surface area contributed by atoms with E-state index in [-0.39, 0.29) is 11.8 Å². The molecule has 1 aromatic rings. The van der Waals surface area contributed by atoms with Gasteiger partial charge < -0.3 is 20.7 Å². The third kappa shape index (κ3) is 5.28. The van der Waals surface area contributed by atoms with Crippen LogP contribution in [0.1, 0.15) is 12.8 Å². The van der Waals surface area contributed by atoms with E-state index in [1.165, 1.54) is 6.07 Å². The first-order valence-electron chi connectivity index (χ1n) is 6.97. The Balaban J connectivity index is 1.65. The van der Waals surface area contributed by atoms with Crippen LogP contribution in [-0.4, -0.2) is 38.4 Å². The van der Waals surface area contributed by atoms with Gasteiger partial charge in [0.2, 0.25) is 0 Å². The molecule has 7 heteroatoms. The smallest absolute Gasteiger partial charge is 0.319 e. The summed E-state index contributed by atoms with van der Waals surface area (Å²) in [5.41, 5.74) is -0.0619. The van der Waals surface area contributed by atoms with Crippen molar-refractivity contribution in [3.05, 3.63) is 29.8 Å². The Labute approximate surface area is 122 Å². The molecule has 5 nitrogen and oxygen atoms in total. The topological polar surface area (TPSA) is 62.4 Å². The van der Waals surface area contributed by atoms with Crippen molar-refractivity contribution in [2.45, 2.75) is 18.9 Å². The highest BCUT2D eigenvalue weighted by atomic mass is 19.1. The van der Waals surface area contributed by atoms with E-state index in [0.29, 0.717) is 13.2 Å². The minimum absolute atomic E-state index is 0.0619. The highest BCUT2D eigenvalue weighted by Crippen LogP contribution is 2.14. The quantitative estimate of drug-likeness (QED) is 0.727. The second-order valence-electron chi connectivity index (χ2n) is 4.83. The fraction of sp³-hybridized carbons (Fsp3) is 0.500. The molecule has 1 fully saturated rings. The maximum atomic E-state index is 13.3. The molecule has 0 bridgehead atoms. The van der Waals surface area contributed by atoms with Crippen molar-refractivity contribution in [2.24, 2.45) is 0 Å². The van der Waals surface area contributed by atoms with E-state index >= 15 is 0 Å². The summed E-state index contributed by atoms with van der Waals surface area (Å²) in [7, 11) is 0. The van der Waals surface area contributed by atoms with Crippen LogP contribution in [0.25, 0.3) is 0 Å². The molecule has 1 saturated heterocycles. The number of rotatable bonds is 5. The van der Waals surface area contributed by atoms with Crippen LogP contribution in [0, 0.1) is 11.6 Å². The zero-order valence-corrected chi connectivity index (χ0v) is 11.6. The Morgan fingerprint density at radius 1 is 1.33 bits per heavy atom. The predicted octanol–water partition coefficient (Wildman–Crippen LogP) is 1.85. The Morgan fingerprint density at radius 2 is 2.10 bits per heavy atom. The zero-order chi connectivity index (χ0) is 15.1. The molecule has 0 saturated carbocycles. The summed E-state index contributed by atoms with van der Waals surface area (Å²) < 4.78 is 31.7. The van der Waals surface area contributed by atoms with E-state index in [4.69, 9.17) is 4.74 Å². The molecule has 1 aliphatic heterocycles. The Morgan fingerprint density at radius 3 is 2.81 bits per heavy atom. The van der Waals surface area contributed by atoms with Gasteiger partial charge in [0.25, 0.3) is 0 Å².